The van der Waals surface area contributed by atoms with Gasteiger partial charge in [-0.3, -0.25) is 0 Å². The Kier molecular flexibility index (Phi) is 7.20. The fraction of sp³-hybridized carbons (Fsp3) is 1.00. The van der Waals surface area contributed by atoms with Crippen molar-refractivity contribution in [3.05, 3.63) is 0 Å². The second kappa shape index (κ2) is 7.24. The van der Waals surface area contributed by atoms with Crippen LogP contribution < -0.4 is 5.32 Å². The number of rotatable bonds is 8. The highest BCUT2D eigenvalue weighted by Gasteiger charge is 2.21. The zero-order valence-corrected chi connectivity index (χ0v) is 11.1. The van der Waals surface area contributed by atoms with E-state index in [0.717, 1.165) is 12.8 Å². The van der Waals surface area contributed by atoms with Gasteiger partial charge in [0.2, 0.25) is 0 Å². The van der Waals surface area contributed by atoms with Crippen LogP contribution in [0.3, 0.4) is 0 Å². The van der Waals surface area contributed by atoms with E-state index in [1.807, 2.05) is 13.8 Å². The summed E-state index contributed by atoms with van der Waals surface area (Å²) in [5.74, 6) is 0.702. The summed E-state index contributed by atoms with van der Waals surface area (Å²) in [6.07, 6.45) is 4.45. The predicted octanol–water partition coefficient (Wildman–Crippen LogP) is 2.95. The summed E-state index contributed by atoms with van der Waals surface area (Å²) in [5, 5.41) is 13.4. The first kappa shape index (κ1) is 14.9. The van der Waals surface area contributed by atoms with Crippen LogP contribution in [0, 0.1) is 5.92 Å². The lowest BCUT2D eigenvalue weighted by atomic mass is 9.93. The molecule has 0 aromatic carbocycles. The standard InChI is InChI=1S/C13H29NO/c1-6-9-11(4)12(7-2)14-10-13(5,15)8-3/h11-12,14-15H,6-10H2,1-5H3. The predicted molar refractivity (Wildman–Crippen MR) is 67.1 cm³/mol. The fourth-order valence-corrected chi connectivity index (χ4v) is 1.88. The van der Waals surface area contributed by atoms with Crippen molar-refractivity contribution in [2.24, 2.45) is 5.92 Å². The maximum absolute atomic E-state index is 9.92. The van der Waals surface area contributed by atoms with Crippen LogP contribution in [0.5, 0.6) is 0 Å². The highest BCUT2D eigenvalue weighted by Crippen LogP contribution is 2.15. The number of nitrogens with one attached hydrogen (secondary N) is 1. The Balaban J connectivity index is 3.99. The van der Waals surface area contributed by atoms with E-state index in [9.17, 15) is 5.11 Å². The molecule has 0 amide bonds. The molecular formula is C13H29NO. The minimum atomic E-state index is -0.556. The fourth-order valence-electron chi connectivity index (χ4n) is 1.88. The maximum atomic E-state index is 9.92. The molecule has 15 heavy (non-hydrogen) atoms. The van der Waals surface area contributed by atoms with E-state index in [1.54, 1.807) is 0 Å². The highest BCUT2D eigenvalue weighted by molar-refractivity contribution is 4.79. The van der Waals surface area contributed by atoms with E-state index >= 15 is 0 Å². The van der Waals surface area contributed by atoms with Crippen LogP contribution in [0.25, 0.3) is 0 Å². The SMILES string of the molecule is CCCC(C)C(CC)NCC(C)(O)CC. The molecule has 92 valence electrons. The second-order valence-electron chi connectivity index (χ2n) is 5.01. The topological polar surface area (TPSA) is 32.3 Å². The molecule has 0 aromatic heterocycles. The van der Waals surface area contributed by atoms with Gasteiger partial charge in [-0.05, 0) is 32.1 Å². The molecule has 0 aliphatic heterocycles. The molecule has 0 radical (unpaired) electrons. The van der Waals surface area contributed by atoms with E-state index in [2.05, 4.69) is 26.1 Å². The largest absolute Gasteiger partial charge is 0.389 e. The van der Waals surface area contributed by atoms with Gasteiger partial charge in [0.25, 0.3) is 0 Å². The summed E-state index contributed by atoms with van der Waals surface area (Å²) < 4.78 is 0. The molecule has 0 aliphatic carbocycles. The van der Waals surface area contributed by atoms with Gasteiger partial charge in [-0.1, -0.05) is 34.1 Å². The summed E-state index contributed by atoms with van der Waals surface area (Å²) in [7, 11) is 0. The van der Waals surface area contributed by atoms with E-state index in [4.69, 9.17) is 0 Å². The summed E-state index contributed by atoms with van der Waals surface area (Å²) in [5.41, 5.74) is -0.556. The minimum Gasteiger partial charge on any atom is -0.389 e. The van der Waals surface area contributed by atoms with E-state index in [-0.39, 0.29) is 0 Å². The third kappa shape index (κ3) is 6.16. The first-order valence-electron chi connectivity index (χ1n) is 6.42. The van der Waals surface area contributed by atoms with Gasteiger partial charge in [-0.15, -0.1) is 0 Å². The number of hydrogen-bond donors (Lipinski definition) is 2. The van der Waals surface area contributed by atoms with Crippen LogP contribution in [0.4, 0.5) is 0 Å². The van der Waals surface area contributed by atoms with Crippen LogP contribution in [0.15, 0.2) is 0 Å². The average molecular weight is 215 g/mol. The van der Waals surface area contributed by atoms with Gasteiger partial charge < -0.3 is 10.4 Å². The Morgan fingerprint density at radius 2 is 1.87 bits per heavy atom. The van der Waals surface area contributed by atoms with Crippen molar-refractivity contribution >= 4 is 0 Å². The summed E-state index contributed by atoms with van der Waals surface area (Å²) in [6, 6.07) is 0.544. The van der Waals surface area contributed by atoms with Crippen molar-refractivity contribution in [1.29, 1.82) is 0 Å². The van der Waals surface area contributed by atoms with E-state index < -0.39 is 5.60 Å². The van der Waals surface area contributed by atoms with Gasteiger partial charge in [-0.2, -0.15) is 0 Å². The van der Waals surface area contributed by atoms with Crippen LogP contribution in [0.2, 0.25) is 0 Å². The molecule has 0 saturated heterocycles. The zero-order valence-electron chi connectivity index (χ0n) is 11.1. The Morgan fingerprint density at radius 3 is 2.27 bits per heavy atom. The van der Waals surface area contributed by atoms with Crippen molar-refractivity contribution in [2.75, 3.05) is 6.54 Å². The Morgan fingerprint density at radius 1 is 1.27 bits per heavy atom. The van der Waals surface area contributed by atoms with Crippen LogP contribution in [0.1, 0.15) is 60.3 Å². The molecule has 0 aromatic rings. The lowest BCUT2D eigenvalue weighted by Crippen LogP contribution is -2.44. The third-order valence-electron chi connectivity index (χ3n) is 3.38. The minimum absolute atomic E-state index is 0.544. The van der Waals surface area contributed by atoms with Gasteiger partial charge in [0.05, 0.1) is 5.60 Å². The molecule has 0 rings (SSSR count). The van der Waals surface area contributed by atoms with Crippen molar-refractivity contribution in [3.8, 4) is 0 Å². The Hall–Kier alpha value is -0.0800. The van der Waals surface area contributed by atoms with Crippen molar-refractivity contribution in [3.63, 3.8) is 0 Å². The Labute approximate surface area is 95.5 Å². The monoisotopic (exact) mass is 215 g/mol. The van der Waals surface area contributed by atoms with Crippen LogP contribution in [-0.4, -0.2) is 23.3 Å². The number of hydrogen-bond acceptors (Lipinski definition) is 2. The average Bonchev–Trinajstić information content (AvgIpc) is 2.19. The molecule has 0 saturated carbocycles. The van der Waals surface area contributed by atoms with Gasteiger partial charge >= 0.3 is 0 Å². The van der Waals surface area contributed by atoms with Crippen molar-refractivity contribution in [2.45, 2.75) is 71.9 Å². The molecule has 0 heterocycles. The third-order valence-corrected chi connectivity index (χ3v) is 3.38. The maximum Gasteiger partial charge on any atom is 0.0741 e. The smallest absolute Gasteiger partial charge is 0.0741 e. The van der Waals surface area contributed by atoms with Crippen LogP contribution >= 0.6 is 0 Å². The van der Waals surface area contributed by atoms with Gasteiger partial charge in [0, 0.05) is 12.6 Å². The van der Waals surface area contributed by atoms with Gasteiger partial charge in [-0.25, -0.2) is 0 Å². The van der Waals surface area contributed by atoms with Crippen LogP contribution in [-0.2, 0) is 0 Å². The van der Waals surface area contributed by atoms with Gasteiger partial charge in [0.1, 0.15) is 0 Å². The Bertz CT molecular complexity index is 157. The molecule has 2 N–H and O–H groups in total. The van der Waals surface area contributed by atoms with Crippen molar-refractivity contribution in [1.82, 2.24) is 5.32 Å². The number of aliphatic hydroxyl groups is 1. The van der Waals surface area contributed by atoms with Crippen molar-refractivity contribution < 1.29 is 5.11 Å². The molecule has 2 heteroatoms. The molecule has 3 atom stereocenters. The lowest BCUT2D eigenvalue weighted by molar-refractivity contribution is 0.0503. The lowest BCUT2D eigenvalue weighted by Gasteiger charge is -2.29. The summed E-state index contributed by atoms with van der Waals surface area (Å²) in [6.45, 7) is 11.4. The van der Waals surface area contributed by atoms with E-state index in [0.29, 0.717) is 18.5 Å². The molecule has 2 nitrogen and oxygen atoms in total. The zero-order chi connectivity index (χ0) is 11.9. The van der Waals surface area contributed by atoms with Gasteiger partial charge in [0.15, 0.2) is 0 Å². The molecule has 0 aliphatic rings. The quantitative estimate of drug-likeness (QED) is 0.652. The molecule has 0 fully saturated rings. The summed E-state index contributed by atoms with van der Waals surface area (Å²) >= 11 is 0. The normalized spacial score (nSPS) is 19.6. The first-order chi connectivity index (χ1) is 6.96. The molecule has 0 spiro atoms. The summed E-state index contributed by atoms with van der Waals surface area (Å²) in [4.78, 5) is 0. The molecule has 0 bridgehead atoms. The second-order valence-corrected chi connectivity index (χ2v) is 5.01. The van der Waals surface area contributed by atoms with E-state index in [1.165, 1.54) is 12.8 Å². The molecule has 3 unspecified atom stereocenters. The first-order valence-corrected chi connectivity index (χ1v) is 6.42. The molecular weight excluding hydrogens is 186 g/mol. The highest BCUT2D eigenvalue weighted by atomic mass is 16.3.